The van der Waals surface area contributed by atoms with Crippen molar-refractivity contribution in [1.82, 2.24) is 0 Å². The standard InChI is InChI=1S/C9H16O3/c1-4-6-8(7(3)10)9(11)12-5-2/h8H,4-6H2,1-3H3/t8-/m0/s1. The molecule has 0 fully saturated rings. The van der Waals surface area contributed by atoms with Crippen molar-refractivity contribution in [3.05, 3.63) is 0 Å². The summed E-state index contributed by atoms with van der Waals surface area (Å²) in [7, 11) is 0. The van der Waals surface area contributed by atoms with Crippen LogP contribution >= 0.6 is 0 Å². The van der Waals surface area contributed by atoms with Crippen LogP contribution in [0.2, 0.25) is 0 Å². The molecule has 12 heavy (non-hydrogen) atoms. The van der Waals surface area contributed by atoms with Crippen molar-refractivity contribution >= 4 is 11.8 Å². The Morgan fingerprint density at radius 2 is 1.92 bits per heavy atom. The van der Waals surface area contributed by atoms with Crippen molar-refractivity contribution in [1.29, 1.82) is 0 Å². The lowest BCUT2D eigenvalue weighted by atomic mass is 10.00. The van der Waals surface area contributed by atoms with E-state index in [1.807, 2.05) is 6.92 Å². The zero-order valence-corrected chi connectivity index (χ0v) is 7.92. The molecule has 0 aliphatic heterocycles. The van der Waals surface area contributed by atoms with Gasteiger partial charge in [-0.3, -0.25) is 9.59 Å². The van der Waals surface area contributed by atoms with E-state index in [4.69, 9.17) is 4.74 Å². The van der Waals surface area contributed by atoms with E-state index in [1.165, 1.54) is 6.92 Å². The van der Waals surface area contributed by atoms with Gasteiger partial charge in [-0.25, -0.2) is 0 Å². The van der Waals surface area contributed by atoms with Gasteiger partial charge in [-0.2, -0.15) is 0 Å². The Labute approximate surface area is 73.1 Å². The number of carbonyl (C=O) groups excluding carboxylic acids is 2. The molecular weight excluding hydrogens is 156 g/mol. The number of ether oxygens (including phenoxy) is 1. The molecule has 0 spiro atoms. The minimum Gasteiger partial charge on any atom is -0.465 e. The van der Waals surface area contributed by atoms with E-state index in [0.29, 0.717) is 13.0 Å². The summed E-state index contributed by atoms with van der Waals surface area (Å²) in [6.45, 7) is 5.44. The number of rotatable bonds is 5. The van der Waals surface area contributed by atoms with Crippen LogP contribution in [0.3, 0.4) is 0 Å². The van der Waals surface area contributed by atoms with Crippen molar-refractivity contribution in [2.24, 2.45) is 5.92 Å². The van der Waals surface area contributed by atoms with E-state index in [1.54, 1.807) is 6.92 Å². The Morgan fingerprint density at radius 3 is 2.25 bits per heavy atom. The van der Waals surface area contributed by atoms with Gasteiger partial charge >= 0.3 is 5.97 Å². The average molecular weight is 172 g/mol. The van der Waals surface area contributed by atoms with Crippen LogP contribution < -0.4 is 0 Å². The molecule has 0 bridgehead atoms. The van der Waals surface area contributed by atoms with Gasteiger partial charge in [0.05, 0.1) is 6.61 Å². The molecule has 0 aliphatic rings. The molecule has 0 saturated carbocycles. The SMILES string of the molecule is CCC[C@@H](C(C)=O)C(=O)OCC. The van der Waals surface area contributed by atoms with Crippen LogP contribution in [0.4, 0.5) is 0 Å². The summed E-state index contributed by atoms with van der Waals surface area (Å²) < 4.78 is 4.76. The maximum atomic E-state index is 11.1. The topological polar surface area (TPSA) is 43.4 Å². The van der Waals surface area contributed by atoms with Crippen LogP contribution in [0.15, 0.2) is 0 Å². The number of ketones is 1. The lowest BCUT2D eigenvalue weighted by molar-refractivity contribution is -0.151. The van der Waals surface area contributed by atoms with Crippen molar-refractivity contribution in [2.75, 3.05) is 6.61 Å². The largest absolute Gasteiger partial charge is 0.465 e. The van der Waals surface area contributed by atoms with Gasteiger partial charge < -0.3 is 4.74 Å². The number of hydrogen-bond acceptors (Lipinski definition) is 3. The molecule has 0 aromatic rings. The number of esters is 1. The van der Waals surface area contributed by atoms with E-state index in [0.717, 1.165) is 6.42 Å². The third kappa shape index (κ3) is 3.51. The van der Waals surface area contributed by atoms with Crippen LogP contribution in [0.25, 0.3) is 0 Å². The molecule has 0 aromatic heterocycles. The molecule has 0 heterocycles. The first-order valence-corrected chi connectivity index (χ1v) is 4.30. The zero-order valence-electron chi connectivity index (χ0n) is 7.92. The Morgan fingerprint density at radius 1 is 1.33 bits per heavy atom. The van der Waals surface area contributed by atoms with Gasteiger partial charge in [0.25, 0.3) is 0 Å². The van der Waals surface area contributed by atoms with Gasteiger partial charge in [-0.15, -0.1) is 0 Å². The minimum atomic E-state index is -0.546. The lowest BCUT2D eigenvalue weighted by Gasteiger charge is -2.10. The van der Waals surface area contributed by atoms with Gasteiger partial charge in [0, 0.05) is 0 Å². The summed E-state index contributed by atoms with van der Waals surface area (Å²) in [5.74, 6) is -1.03. The maximum absolute atomic E-state index is 11.1. The molecule has 0 radical (unpaired) electrons. The van der Waals surface area contributed by atoms with E-state index in [-0.39, 0.29) is 11.8 Å². The number of hydrogen-bond donors (Lipinski definition) is 0. The van der Waals surface area contributed by atoms with Crippen LogP contribution in [-0.2, 0) is 14.3 Å². The van der Waals surface area contributed by atoms with Crippen LogP contribution in [0.5, 0.6) is 0 Å². The Bertz CT molecular complexity index is 163. The molecular formula is C9H16O3. The first kappa shape index (κ1) is 11.1. The molecule has 0 aromatic carbocycles. The van der Waals surface area contributed by atoms with E-state index in [2.05, 4.69) is 0 Å². The smallest absolute Gasteiger partial charge is 0.316 e. The molecule has 70 valence electrons. The monoisotopic (exact) mass is 172 g/mol. The van der Waals surface area contributed by atoms with Gasteiger partial charge in [0.2, 0.25) is 0 Å². The highest BCUT2D eigenvalue weighted by Crippen LogP contribution is 2.09. The third-order valence-corrected chi connectivity index (χ3v) is 1.64. The average Bonchev–Trinajstić information content (AvgIpc) is 1.99. The fourth-order valence-electron chi connectivity index (χ4n) is 1.02. The Kier molecular flexibility index (Phi) is 5.34. The van der Waals surface area contributed by atoms with E-state index in [9.17, 15) is 9.59 Å². The second kappa shape index (κ2) is 5.75. The van der Waals surface area contributed by atoms with Crippen molar-refractivity contribution in [3.8, 4) is 0 Å². The second-order valence-electron chi connectivity index (χ2n) is 2.70. The molecule has 0 saturated heterocycles. The zero-order chi connectivity index (χ0) is 9.56. The molecule has 0 amide bonds. The summed E-state index contributed by atoms with van der Waals surface area (Å²) in [4.78, 5) is 22.1. The highest BCUT2D eigenvalue weighted by molar-refractivity contribution is 5.97. The van der Waals surface area contributed by atoms with Crippen LogP contribution in [-0.4, -0.2) is 18.4 Å². The molecule has 3 nitrogen and oxygen atoms in total. The normalized spacial score (nSPS) is 12.2. The first-order valence-electron chi connectivity index (χ1n) is 4.30. The van der Waals surface area contributed by atoms with Crippen LogP contribution in [0, 0.1) is 5.92 Å². The first-order chi connectivity index (χ1) is 5.63. The van der Waals surface area contributed by atoms with Gasteiger partial charge in [0.1, 0.15) is 11.7 Å². The summed E-state index contributed by atoms with van der Waals surface area (Å²) in [5, 5.41) is 0. The molecule has 0 rings (SSSR count). The summed E-state index contributed by atoms with van der Waals surface area (Å²) in [5.41, 5.74) is 0. The Balaban J connectivity index is 4.09. The molecule has 3 heteroatoms. The molecule has 0 N–H and O–H groups in total. The fourth-order valence-corrected chi connectivity index (χ4v) is 1.02. The lowest BCUT2D eigenvalue weighted by Crippen LogP contribution is -2.24. The van der Waals surface area contributed by atoms with Crippen LogP contribution in [0.1, 0.15) is 33.6 Å². The van der Waals surface area contributed by atoms with Crippen molar-refractivity contribution in [3.63, 3.8) is 0 Å². The van der Waals surface area contributed by atoms with Gasteiger partial charge in [-0.1, -0.05) is 13.3 Å². The Hall–Kier alpha value is -0.860. The summed E-state index contributed by atoms with van der Waals surface area (Å²) in [6, 6.07) is 0. The fraction of sp³-hybridized carbons (Fsp3) is 0.778. The second-order valence-corrected chi connectivity index (χ2v) is 2.70. The highest BCUT2D eigenvalue weighted by Gasteiger charge is 2.22. The van der Waals surface area contributed by atoms with E-state index >= 15 is 0 Å². The van der Waals surface area contributed by atoms with Gasteiger partial charge in [0.15, 0.2) is 0 Å². The number of Topliss-reactive ketones (excluding diaryl/α,β-unsaturated/α-hetero) is 1. The molecule has 1 atom stereocenters. The maximum Gasteiger partial charge on any atom is 0.316 e. The minimum absolute atomic E-state index is 0.102. The quantitative estimate of drug-likeness (QED) is 0.467. The highest BCUT2D eigenvalue weighted by atomic mass is 16.5. The van der Waals surface area contributed by atoms with E-state index < -0.39 is 5.92 Å². The predicted molar refractivity (Wildman–Crippen MR) is 45.7 cm³/mol. The van der Waals surface area contributed by atoms with Crippen molar-refractivity contribution < 1.29 is 14.3 Å². The van der Waals surface area contributed by atoms with Crippen molar-refractivity contribution in [2.45, 2.75) is 33.6 Å². The number of carbonyl (C=O) groups is 2. The summed E-state index contributed by atoms with van der Waals surface area (Å²) in [6.07, 6.45) is 1.41. The summed E-state index contributed by atoms with van der Waals surface area (Å²) >= 11 is 0. The molecule has 0 aliphatic carbocycles. The predicted octanol–water partition coefficient (Wildman–Crippen LogP) is 1.55. The third-order valence-electron chi connectivity index (χ3n) is 1.64. The van der Waals surface area contributed by atoms with Gasteiger partial charge in [-0.05, 0) is 20.3 Å². The molecule has 0 unspecified atom stereocenters.